The summed E-state index contributed by atoms with van der Waals surface area (Å²) in [5, 5.41) is 6.72. The Morgan fingerprint density at radius 1 is 0.864 bits per heavy atom. The van der Waals surface area contributed by atoms with Crippen LogP contribution in [0.5, 0.6) is 0 Å². The Hall–Kier alpha value is -5.52. The Morgan fingerprint density at radius 2 is 1.58 bits per heavy atom. The monoisotopic (exact) mass is 926 g/mol. The van der Waals surface area contributed by atoms with Crippen molar-refractivity contribution in [2.24, 2.45) is 5.41 Å². The Bertz CT molecular complexity index is 2400. The average molecular weight is 927 g/mol. The third-order valence-corrected chi connectivity index (χ3v) is 14.3. The number of hydrogen-bond donors (Lipinski definition) is 2. The lowest BCUT2D eigenvalue weighted by Gasteiger charge is -2.44. The molecule has 0 bridgehead atoms. The van der Waals surface area contributed by atoms with Gasteiger partial charge in [-0.3, -0.25) is 9.69 Å². The van der Waals surface area contributed by atoms with Gasteiger partial charge in [-0.25, -0.2) is 28.3 Å². The third kappa shape index (κ3) is 10.5. The second-order valence-electron chi connectivity index (χ2n) is 18.8. The molecule has 8 rings (SSSR count). The summed E-state index contributed by atoms with van der Waals surface area (Å²) in [5.74, 6) is -1.29. The van der Waals surface area contributed by atoms with Crippen molar-refractivity contribution >= 4 is 52.6 Å². The molecule has 2 amide bonds. The van der Waals surface area contributed by atoms with E-state index in [0.717, 1.165) is 81.4 Å². The summed E-state index contributed by atoms with van der Waals surface area (Å²) in [4.78, 5) is 57.1. The standard InChI is InChI=1S/C49H60F2N8O6S/c1-31-39(13-11-37(43(31)51)46(61)63-6)58-24-22-56(23-25-58)35-14-18-57(19-15-35)40-12-10-33(26-38(40)50)45(60)54-34-8-7-9-36(27-34)66-42-29-52-41(28-53-42)59-20-16-49(17-21-59)30-64-32(2)44(49)55-47(62)65-48(3,4)5/h7-13,26-29,32,35,44H,14-25,30H2,1-6H3,(H,54,60)(H,55,62)/t32-,44+/m0/s1. The maximum atomic E-state index is 15.6. The summed E-state index contributed by atoms with van der Waals surface area (Å²) in [7, 11) is 1.24. The first-order valence-corrected chi connectivity index (χ1v) is 23.6. The van der Waals surface area contributed by atoms with Crippen LogP contribution in [0.1, 0.15) is 79.7 Å². The van der Waals surface area contributed by atoms with Crippen LogP contribution in [-0.2, 0) is 14.2 Å². The van der Waals surface area contributed by atoms with Gasteiger partial charge in [-0.1, -0.05) is 17.8 Å². The van der Waals surface area contributed by atoms with Gasteiger partial charge >= 0.3 is 12.1 Å². The lowest BCUT2D eigenvalue weighted by atomic mass is 9.73. The number of nitrogens with zero attached hydrogens (tertiary/aromatic N) is 6. The molecular formula is C49H60F2N8O6S. The molecule has 1 aromatic heterocycles. The van der Waals surface area contributed by atoms with Gasteiger partial charge < -0.3 is 39.5 Å². The minimum atomic E-state index is -0.686. The number of halogens is 2. The Labute approximate surface area is 389 Å². The molecule has 14 nitrogen and oxygen atoms in total. The lowest BCUT2D eigenvalue weighted by Crippen LogP contribution is -2.55. The number of carbonyl (C=O) groups excluding carboxylic acids is 3. The Kier molecular flexibility index (Phi) is 14.1. The zero-order valence-electron chi connectivity index (χ0n) is 38.6. The highest BCUT2D eigenvalue weighted by atomic mass is 32.2. The number of amides is 2. The lowest BCUT2D eigenvalue weighted by molar-refractivity contribution is 0.0433. The van der Waals surface area contributed by atoms with Gasteiger partial charge in [0.05, 0.1) is 49.5 Å². The highest BCUT2D eigenvalue weighted by Gasteiger charge is 2.50. The number of methoxy groups -OCH3 is 1. The molecule has 1 spiro atoms. The van der Waals surface area contributed by atoms with E-state index in [2.05, 4.69) is 30.3 Å². The molecule has 4 saturated heterocycles. The van der Waals surface area contributed by atoms with Crippen molar-refractivity contribution in [2.45, 2.75) is 94.0 Å². The molecule has 0 aliphatic carbocycles. The van der Waals surface area contributed by atoms with Gasteiger partial charge in [0.25, 0.3) is 5.91 Å². The number of esters is 1. The van der Waals surface area contributed by atoms with Gasteiger partial charge in [-0.05, 0) is 109 Å². The van der Waals surface area contributed by atoms with Crippen LogP contribution in [0, 0.1) is 24.0 Å². The van der Waals surface area contributed by atoms with Crippen molar-refractivity contribution in [2.75, 3.05) is 86.1 Å². The molecule has 0 saturated carbocycles. The SMILES string of the molecule is COC(=O)c1ccc(N2CCN(C3CCN(c4ccc(C(=O)Nc5cccc(Sc6cnc(N7CCC8(CC7)CO[C@@H](C)[C@H]8NC(=O)OC(C)(C)C)cn6)c5)cc4F)CC3)CC2)c(C)c1F. The van der Waals surface area contributed by atoms with Gasteiger partial charge in [0.1, 0.15) is 28.1 Å². The van der Waals surface area contributed by atoms with E-state index in [-0.39, 0.29) is 28.7 Å². The second kappa shape index (κ2) is 19.8. The van der Waals surface area contributed by atoms with Gasteiger partial charge in [-0.2, -0.15) is 0 Å². The fraction of sp³-hybridized carbons (Fsp3) is 0.490. The predicted octanol–water partition coefficient (Wildman–Crippen LogP) is 7.94. The summed E-state index contributed by atoms with van der Waals surface area (Å²) < 4.78 is 46.9. The minimum absolute atomic E-state index is 0.0587. The molecule has 4 aliphatic rings. The van der Waals surface area contributed by atoms with E-state index in [1.54, 1.807) is 43.6 Å². The molecular weight excluding hydrogens is 867 g/mol. The van der Waals surface area contributed by atoms with Crippen LogP contribution in [-0.4, -0.2) is 123 Å². The summed E-state index contributed by atoms with van der Waals surface area (Å²) in [6, 6.07) is 15.6. The van der Waals surface area contributed by atoms with Gasteiger partial charge in [0.2, 0.25) is 0 Å². The van der Waals surface area contributed by atoms with Crippen molar-refractivity contribution in [3.05, 3.63) is 95.3 Å². The Morgan fingerprint density at radius 3 is 2.24 bits per heavy atom. The van der Waals surface area contributed by atoms with Crippen molar-refractivity contribution < 1.29 is 37.4 Å². The fourth-order valence-corrected chi connectivity index (χ4v) is 10.6. The summed E-state index contributed by atoms with van der Waals surface area (Å²) in [6.45, 7) is 15.8. The smallest absolute Gasteiger partial charge is 0.407 e. The van der Waals surface area contributed by atoms with E-state index in [1.807, 2.05) is 50.8 Å². The maximum absolute atomic E-state index is 15.6. The van der Waals surface area contributed by atoms with Crippen molar-refractivity contribution in [3.8, 4) is 0 Å². The number of rotatable bonds is 10. The number of alkyl carbamates (subject to hydrolysis) is 1. The van der Waals surface area contributed by atoms with Crippen LogP contribution in [0.4, 0.5) is 36.5 Å². The molecule has 5 heterocycles. The molecule has 17 heteroatoms. The van der Waals surface area contributed by atoms with Crippen LogP contribution in [0.3, 0.4) is 0 Å². The number of piperidine rings is 2. The van der Waals surface area contributed by atoms with Crippen molar-refractivity contribution in [3.63, 3.8) is 0 Å². The number of hydrogen-bond acceptors (Lipinski definition) is 13. The van der Waals surface area contributed by atoms with Crippen LogP contribution >= 0.6 is 11.8 Å². The summed E-state index contributed by atoms with van der Waals surface area (Å²) >= 11 is 1.43. The predicted molar refractivity (Wildman–Crippen MR) is 251 cm³/mol. The largest absolute Gasteiger partial charge is 0.465 e. The number of anilines is 4. The number of benzene rings is 3. The minimum Gasteiger partial charge on any atom is -0.465 e. The third-order valence-electron chi connectivity index (χ3n) is 13.4. The highest BCUT2D eigenvalue weighted by Crippen LogP contribution is 2.43. The van der Waals surface area contributed by atoms with Gasteiger partial charge in [0, 0.05) is 91.2 Å². The first-order valence-electron chi connectivity index (χ1n) is 22.8. The van der Waals surface area contributed by atoms with Crippen molar-refractivity contribution in [1.82, 2.24) is 20.2 Å². The normalized spacial score (nSPS) is 20.3. The first-order chi connectivity index (χ1) is 31.6. The number of ether oxygens (including phenoxy) is 3. The average Bonchev–Trinajstić information content (AvgIpc) is 3.59. The molecule has 2 N–H and O–H groups in total. The zero-order valence-corrected chi connectivity index (χ0v) is 39.4. The van der Waals surface area contributed by atoms with Crippen molar-refractivity contribution in [1.29, 1.82) is 0 Å². The quantitative estimate of drug-likeness (QED) is 0.149. The van der Waals surface area contributed by atoms with Crippen LogP contribution in [0.2, 0.25) is 0 Å². The fourth-order valence-electron chi connectivity index (χ4n) is 9.80. The number of piperazine rings is 1. The Balaban J connectivity index is 0.794. The van der Waals surface area contributed by atoms with E-state index in [4.69, 9.17) is 19.2 Å². The maximum Gasteiger partial charge on any atom is 0.407 e. The number of carbonyl (C=O) groups is 3. The van der Waals surface area contributed by atoms with E-state index in [0.29, 0.717) is 47.7 Å². The first kappa shape index (κ1) is 47.0. The summed E-state index contributed by atoms with van der Waals surface area (Å²) in [6.07, 6.45) is 6.41. The molecule has 352 valence electrons. The van der Waals surface area contributed by atoms with Crippen LogP contribution < -0.4 is 25.3 Å². The molecule has 4 aromatic rings. The van der Waals surface area contributed by atoms with Crippen LogP contribution in [0.25, 0.3) is 0 Å². The van der Waals surface area contributed by atoms with E-state index in [9.17, 15) is 18.8 Å². The van der Waals surface area contributed by atoms with Gasteiger partial charge in [0.15, 0.2) is 0 Å². The molecule has 4 fully saturated rings. The van der Waals surface area contributed by atoms with E-state index >= 15 is 4.39 Å². The molecule has 0 radical (unpaired) electrons. The molecule has 4 aliphatic heterocycles. The zero-order chi connectivity index (χ0) is 46.8. The molecule has 66 heavy (non-hydrogen) atoms. The second-order valence-corrected chi connectivity index (χ2v) is 19.9. The topological polar surface area (TPSA) is 142 Å². The highest BCUT2D eigenvalue weighted by molar-refractivity contribution is 7.99. The van der Waals surface area contributed by atoms with E-state index in [1.165, 1.54) is 31.0 Å². The summed E-state index contributed by atoms with van der Waals surface area (Å²) in [5.41, 5.74) is 1.70. The van der Waals surface area contributed by atoms with E-state index < -0.39 is 35.2 Å². The molecule has 2 atom stereocenters. The molecule has 3 aromatic carbocycles. The molecule has 0 unspecified atom stereocenters. The number of aromatic nitrogens is 2. The van der Waals surface area contributed by atoms with Crippen LogP contribution in [0.15, 0.2) is 76.9 Å². The number of nitrogens with one attached hydrogen (secondary N) is 2. The van der Waals surface area contributed by atoms with Gasteiger partial charge in [-0.15, -0.1) is 0 Å².